The number of phenols is 1. The van der Waals surface area contributed by atoms with E-state index in [4.69, 9.17) is 9.47 Å². The van der Waals surface area contributed by atoms with Crippen LogP contribution in [0.3, 0.4) is 0 Å². The number of aryl methyl sites for hydroxylation is 1. The van der Waals surface area contributed by atoms with Crippen LogP contribution in [0.5, 0.6) is 17.2 Å². The van der Waals surface area contributed by atoms with E-state index in [9.17, 15) is 13.5 Å². The molecule has 7 heteroatoms. The van der Waals surface area contributed by atoms with E-state index in [2.05, 4.69) is 4.72 Å². The molecule has 0 amide bonds. The zero-order chi connectivity index (χ0) is 16.9. The molecule has 6 nitrogen and oxygen atoms in total. The van der Waals surface area contributed by atoms with E-state index in [1.54, 1.807) is 43.5 Å². The van der Waals surface area contributed by atoms with Crippen LogP contribution in [0.1, 0.15) is 5.56 Å². The summed E-state index contributed by atoms with van der Waals surface area (Å²) in [4.78, 5) is 0. The number of sulfonamides is 1. The maximum atomic E-state index is 12.0. The molecule has 124 valence electrons. The van der Waals surface area contributed by atoms with Gasteiger partial charge in [-0.3, -0.25) is 4.72 Å². The second kappa shape index (κ2) is 7.23. The minimum atomic E-state index is -3.62. The third-order valence-electron chi connectivity index (χ3n) is 3.10. The lowest BCUT2D eigenvalue weighted by Crippen LogP contribution is -2.21. The lowest BCUT2D eigenvalue weighted by Gasteiger charge is -2.11. The molecule has 0 fully saturated rings. The number of hydrogen-bond donors (Lipinski definition) is 2. The Morgan fingerprint density at radius 3 is 2.39 bits per heavy atom. The molecule has 0 aliphatic carbocycles. The number of aromatic hydroxyl groups is 1. The Bertz CT molecular complexity index is 757. The lowest BCUT2D eigenvalue weighted by molar-refractivity contribution is 0.339. The molecule has 0 atom stereocenters. The number of nitrogens with one attached hydrogen (secondary N) is 1. The molecule has 2 N–H and O–H groups in total. The fourth-order valence-electron chi connectivity index (χ4n) is 1.89. The summed E-state index contributed by atoms with van der Waals surface area (Å²) in [5, 5.41) is 9.68. The standard InChI is InChI=1S/C16H19NO5S/c1-12-3-8-16(18)15(11-12)17-23(19,20)10-9-22-14-6-4-13(21-2)5-7-14/h3-8,11,17-18H,9-10H2,1-2H3. The molecule has 0 aliphatic rings. The average molecular weight is 337 g/mol. The van der Waals surface area contributed by atoms with Gasteiger partial charge in [0.15, 0.2) is 0 Å². The van der Waals surface area contributed by atoms with Crippen molar-refractivity contribution in [1.82, 2.24) is 0 Å². The van der Waals surface area contributed by atoms with Crippen LogP contribution in [0.15, 0.2) is 42.5 Å². The van der Waals surface area contributed by atoms with Gasteiger partial charge in [0.1, 0.15) is 29.6 Å². The van der Waals surface area contributed by atoms with E-state index in [0.717, 1.165) is 5.56 Å². The highest BCUT2D eigenvalue weighted by atomic mass is 32.2. The van der Waals surface area contributed by atoms with Crippen molar-refractivity contribution in [2.75, 3.05) is 24.2 Å². The Balaban J connectivity index is 1.92. The molecule has 2 aromatic rings. The van der Waals surface area contributed by atoms with Crippen molar-refractivity contribution < 1.29 is 23.0 Å². The topological polar surface area (TPSA) is 84.9 Å². The lowest BCUT2D eigenvalue weighted by atomic mass is 10.2. The Hall–Kier alpha value is -2.41. The van der Waals surface area contributed by atoms with Crippen LogP contribution in [-0.4, -0.2) is 33.0 Å². The molecule has 0 heterocycles. The van der Waals surface area contributed by atoms with Gasteiger partial charge in [-0.25, -0.2) is 8.42 Å². The van der Waals surface area contributed by atoms with Gasteiger partial charge in [0.25, 0.3) is 0 Å². The Kier molecular flexibility index (Phi) is 5.33. The van der Waals surface area contributed by atoms with E-state index >= 15 is 0 Å². The normalized spacial score (nSPS) is 11.0. The average Bonchev–Trinajstić information content (AvgIpc) is 2.51. The van der Waals surface area contributed by atoms with Crippen LogP contribution < -0.4 is 14.2 Å². The first-order valence-corrected chi connectivity index (χ1v) is 8.62. The minimum absolute atomic E-state index is 0.00571. The molecule has 0 radical (unpaired) electrons. The summed E-state index contributed by atoms with van der Waals surface area (Å²) < 4.78 is 36.8. The minimum Gasteiger partial charge on any atom is -0.506 e. The zero-order valence-electron chi connectivity index (χ0n) is 12.9. The summed E-state index contributed by atoms with van der Waals surface area (Å²) in [6.07, 6.45) is 0. The van der Waals surface area contributed by atoms with Crippen LogP contribution in [0.4, 0.5) is 5.69 Å². The molecule has 0 aliphatic heterocycles. The first kappa shape index (κ1) is 17.0. The molecule has 0 aromatic heterocycles. The van der Waals surface area contributed by atoms with Crippen molar-refractivity contribution in [2.45, 2.75) is 6.92 Å². The first-order chi connectivity index (χ1) is 10.9. The van der Waals surface area contributed by atoms with Crippen molar-refractivity contribution >= 4 is 15.7 Å². The highest BCUT2D eigenvalue weighted by Crippen LogP contribution is 2.25. The molecule has 0 spiro atoms. The van der Waals surface area contributed by atoms with Crippen molar-refractivity contribution in [3.63, 3.8) is 0 Å². The van der Waals surface area contributed by atoms with Crippen molar-refractivity contribution in [3.8, 4) is 17.2 Å². The fraction of sp³-hybridized carbons (Fsp3) is 0.250. The van der Waals surface area contributed by atoms with Gasteiger partial charge in [-0.15, -0.1) is 0 Å². The zero-order valence-corrected chi connectivity index (χ0v) is 13.8. The van der Waals surface area contributed by atoms with E-state index in [0.29, 0.717) is 11.5 Å². The molecular weight excluding hydrogens is 318 g/mol. The third-order valence-corrected chi connectivity index (χ3v) is 4.33. The van der Waals surface area contributed by atoms with Crippen molar-refractivity contribution in [1.29, 1.82) is 0 Å². The van der Waals surface area contributed by atoms with Crippen LogP contribution in [0.2, 0.25) is 0 Å². The van der Waals surface area contributed by atoms with Crippen molar-refractivity contribution in [3.05, 3.63) is 48.0 Å². The van der Waals surface area contributed by atoms with E-state index in [1.165, 1.54) is 6.07 Å². The van der Waals surface area contributed by atoms with Gasteiger partial charge < -0.3 is 14.6 Å². The molecule has 0 bridgehead atoms. The van der Waals surface area contributed by atoms with Crippen LogP contribution in [-0.2, 0) is 10.0 Å². The highest BCUT2D eigenvalue weighted by molar-refractivity contribution is 7.92. The number of benzene rings is 2. The first-order valence-electron chi connectivity index (χ1n) is 6.96. The van der Waals surface area contributed by atoms with Crippen LogP contribution in [0.25, 0.3) is 0 Å². The number of anilines is 1. The highest BCUT2D eigenvalue weighted by Gasteiger charge is 2.13. The Morgan fingerprint density at radius 1 is 1.09 bits per heavy atom. The predicted molar refractivity (Wildman–Crippen MR) is 88.7 cm³/mol. The number of rotatable bonds is 7. The molecule has 2 aromatic carbocycles. The summed E-state index contributed by atoms with van der Waals surface area (Å²) in [7, 11) is -2.05. The number of methoxy groups -OCH3 is 1. The van der Waals surface area contributed by atoms with Gasteiger partial charge >= 0.3 is 0 Å². The van der Waals surface area contributed by atoms with Crippen LogP contribution in [0, 0.1) is 6.92 Å². The summed E-state index contributed by atoms with van der Waals surface area (Å²) in [5.74, 6) is 0.906. The molecule has 0 unspecified atom stereocenters. The van der Waals surface area contributed by atoms with Gasteiger partial charge in [0.05, 0.1) is 12.8 Å². The predicted octanol–water partition coefficient (Wildman–Crippen LogP) is 2.53. The maximum absolute atomic E-state index is 12.0. The Morgan fingerprint density at radius 2 is 1.74 bits per heavy atom. The summed E-state index contributed by atoms with van der Waals surface area (Å²) in [6.45, 7) is 1.80. The Labute approximate surface area is 135 Å². The second-order valence-electron chi connectivity index (χ2n) is 4.97. The van der Waals surface area contributed by atoms with E-state index in [1.807, 2.05) is 6.92 Å². The number of ether oxygens (including phenoxy) is 2. The van der Waals surface area contributed by atoms with Crippen LogP contribution >= 0.6 is 0 Å². The van der Waals surface area contributed by atoms with E-state index in [-0.39, 0.29) is 23.8 Å². The quantitative estimate of drug-likeness (QED) is 0.759. The monoisotopic (exact) mass is 337 g/mol. The summed E-state index contributed by atoms with van der Waals surface area (Å²) in [6, 6.07) is 11.6. The molecule has 0 saturated heterocycles. The van der Waals surface area contributed by atoms with E-state index < -0.39 is 10.0 Å². The number of phenolic OH excluding ortho intramolecular Hbond substituents is 1. The van der Waals surface area contributed by atoms with Gasteiger partial charge in [0, 0.05) is 0 Å². The summed E-state index contributed by atoms with van der Waals surface area (Å²) >= 11 is 0. The number of hydrogen-bond acceptors (Lipinski definition) is 5. The van der Waals surface area contributed by atoms with Gasteiger partial charge in [0.2, 0.25) is 10.0 Å². The maximum Gasteiger partial charge on any atom is 0.236 e. The fourth-order valence-corrected chi connectivity index (χ4v) is 2.79. The largest absolute Gasteiger partial charge is 0.506 e. The summed E-state index contributed by atoms with van der Waals surface area (Å²) in [5.41, 5.74) is 1.00. The van der Waals surface area contributed by atoms with Gasteiger partial charge in [-0.2, -0.15) is 0 Å². The van der Waals surface area contributed by atoms with Crippen molar-refractivity contribution in [2.24, 2.45) is 0 Å². The molecule has 23 heavy (non-hydrogen) atoms. The molecular formula is C16H19NO5S. The molecule has 2 rings (SSSR count). The third kappa shape index (κ3) is 5.07. The smallest absolute Gasteiger partial charge is 0.236 e. The SMILES string of the molecule is COc1ccc(OCCS(=O)(=O)Nc2cc(C)ccc2O)cc1. The molecule has 0 saturated carbocycles. The van der Waals surface area contributed by atoms with Gasteiger partial charge in [-0.1, -0.05) is 6.07 Å². The van der Waals surface area contributed by atoms with Gasteiger partial charge in [-0.05, 0) is 48.9 Å². The second-order valence-corrected chi connectivity index (χ2v) is 6.81.